The fourth-order valence-corrected chi connectivity index (χ4v) is 3.08. The number of furan rings is 1. The predicted molar refractivity (Wildman–Crippen MR) is 119 cm³/mol. The van der Waals surface area contributed by atoms with Gasteiger partial charge < -0.3 is 19.8 Å². The zero-order valence-electron chi connectivity index (χ0n) is 17.6. The SMILES string of the molecule is O=C(Cc1ccc(NC(=O)c2cc3ccccc3o2)cc1)Nc1ccc(OCC(F)(F)F)nc1. The zero-order valence-corrected chi connectivity index (χ0v) is 17.6. The number of nitrogens with one attached hydrogen (secondary N) is 2. The maximum Gasteiger partial charge on any atom is 0.422 e. The number of alkyl halides is 3. The number of para-hydroxylation sites is 1. The number of carbonyl (C=O) groups is 2. The number of hydrogen-bond acceptors (Lipinski definition) is 5. The molecule has 0 spiro atoms. The first-order valence-corrected chi connectivity index (χ1v) is 10.1. The molecule has 4 rings (SSSR count). The Morgan fingerprint density at radius 2 is 1.68 bits per heavy atom. The molecule has 7 nitrogen and oxygen atoms in total. The van der Waals surface area contributed by atoms with Crippen molar-refractivity contribution in [3.05, 3.63) is 84.3 Å². The van der Waals surface area contributed by atoms with E-state index >= 15 is 0 Å². The van der Waals surface area contributed by atoms with Crippen molar-refractivity contribution in [3.8, 4) is 5.88 Å². The van der Waals surface area contributed by atoms with Crippen molar-refractivity contribution in [2.45, 2.75) is 12.6 Å². The molecule has 0 fully saturated rings. The molecule has 0 aliphatic rings. The summed E-state index contributed by atoms with van der Waals surface area (Å²) in [6, 6.07) is 18.3. The second-order valence-corrected chi connectivity index (χ2v) is 7.31. The highest BCUT2D eigenvalue weighted by Crippen LogP contribution is 2.21. The van der Waals surface area contributed by atoms with E-state index in [-0.39, 0.29) is 24.0 Å². The first-order valence-electron chi connectivity index (χ1n) is 10.1. The molecule has 2 aromatic heterocycles. The molecule has 0 unspecified atom stereocenters. The van der Waals surface area contributed by atoms with Crippen molar-refractivity contribution >= 4 is 34.2 Å². The van der Waals surface area contributed by atoms with E-state index in [1.165, 1.54) is 18.3 Å². The van der Waals surface area contributed by atoms with Gasteiger partial charge in [0.15, 0.2) is 12.4 Å². The normalized spacial score (nSPS) is 11.3. The van der Waals surface area contributed by atoms with E-state index < -0.39 is 18.7 Å². The van der Waals surface area contributed by atoms with Crippen molar-refractivity contribution in [2.75, 3.05) is 17.2 Å². The average Bonchev–Trinajstić information content (AvgIpc) is 3.24. The molecule has 0 radical (unpaired) electrons. The van der Waals surface area contributed by atoms with E-state index in [1.807, 2.05) is 18.2 Å². The number of carbonyl (C=O) groups excluding carboxylic acids is 2. The summed E-state index contributed by atoms with van der Waals surface area (Å²) in [6.45, 7) is -1.44. The van der Waals surface area contributed by atoms with Crippen LogP contribution in [0.2, 0.25) is 0 Å². The first-order chi connectivity index (χ1) is 16.2. The first kappa shape index (κ1) is 22.8. The van der Waals surface area contributed by atoms with E-state index in [0.29, 0.717) is 22.5 Å². The third-order valence-electron chi connectivity index (χ3n) is 4.63. The highest BCUT2D eigenvalue weighted by Gasteiger charge is 2.28. The van der Waals surface area contributed by atoms with Crippen molar-refractivity contribution in [2.24, 2.45) is 0 Å². The molecular weight excluding hydrogens is 451 g/mol. The molecule has 4 aromatic rings. The topological polar surface area (TPSA) is 93.5 Å². The van der Waals surface area contributed by atoms with Gasteiger partial charge in [0, 0.05) is 17.1 Å². The zero-order chi connectivity index (χ0) is 24.1. The molecular formula is C24H18F3N3O4. The van der Waals surface area contributed by atoms with Gasteiger partial charge >= 0.3 is 6.18 Å². The van der Waals surface area contributed by atoms with Crippen LogP contribution in [0.5, 0.6) is 5.88 Å². The number of benzene rings is 2. The smallest absolute Gasteiger partial charge is 0.422 e. The van der Waals surface area contributed by atoms with Crippen LogP contribution in [0.4, 0.5) is 24.5 Å². The van der Waals surface area contributed by atoms with Crippen LogP contribution in [-0.4, -0.2) is 29.6 Å². The highest BCUT2D eigenvalue weighted by atomic mass is 19.4. The molecule has 2 aromatic carbocycles. The minimum Gasteiger partial charge on any atom is -0.468 e. The van der Waals surface area contributed by atoms with Gasteiger partial charge in [-0.2, -0.15) is 13.2 Å². The summed E-state index contributed by atoms with van der Waals surface area (Å²) in [5.41, 5.74) is 2.16. The predicted octanol–water partition coefficient (Wildman–Crippen LogP) is 5.20. The molecule has 2 amide bonds. The Bertz CT molecular complexity index is 1270. The molecule has 0 saturated heterocycles. The van der Waals surface area contributed by atoms with Gasteiger partial charge in [-0.15, -0.1) is 0 Å². The molecule has 0 saturated carbocycles. The Labute approximate surface area is 191 Å². The van der Waals surface area contributed by atoms with Crippen molar-refractivity contribution in [3.63, 3.8) is 0 Å². The van der Waals surface area contributed by atoms with Crippen LogP contribution in [0, 0.1) is 0 Å². The molecule has 2 heterocycles. The lowest BCUT2D eigenvalue weighted by Gasteiger charge is -2.09. The van der Waals surface area contributed by atoms with Crippen LogP contribution < -0.4 is 15.4 Å². The lowest BCUT2D eigenvalue weighted by Crippen LogP contribution is -2.19. The summed E-state index contributed by atoms with van der Waals surface area (Å²) in [7, 11) is 0. The van der Waals surface area contributed by atoms with Crippen LogP contribution in [0.15, 0.2) is 77.3 Å². The third kappa shape index (κ3) is 6.12. The molecule has 34 heavy (non-hydrogen) atoms. The average molecular weight is 469 g/mol. The second kappa shape index (κ2) is 9.65. The fraction of sp³-hybridized carbons (Fsp3) is 0.125. The largest absolute Gasteiger partial charge is 0.468 e. The van der Waals surface area contributed by atoms with Crippen LogP contribution in [0.1, 0.15) is 16.1 Å². The Morgan fingerprint density at radius 3 is 2.35 bits per heavy atom. The summed E-state index contributed by atoms with van der Waals surface area (Å²) < 4.78 is 46.6. The standard InChI is InChI=1S/C24H18F3N3O4/c25-24(26,27)14-33-22-10-9-18(13-28-22)29-21(31)11-15-5-7-17(8-6-15)30-23(32)20-12-16-3-1-2-4-19(16)34-20/h1-10,12-13H,11,14H2,(H,29,31)(H,30,32). The Hall–Kier alpha value is -4.34. The van der Waals surface area contributed by atoms with E-state index in [2.05, 4.69) is 20.4 Å². The van der Waals surface area contributed by atoms with E-state index in [9.17, 15) is 22.8 Å². The van der Waals surface area contributed by atoms with Gasteiger partial charge in [-0.05, 0) is 35.9 Å². The lowest BCUT2D eigenvalue weighted by atomic mass is 10.1. The number of ether oxygens (including phenoxy) is 1. The molecule has 174 valence electrons. The maximum absolute atomic E-state index is 12.4. The monoisotopic (exact) mass is 469 g/mol. The van der Waals surface area contributed by atoms with Crippen LogP contribution in [-0.2, 0) is 11.2 Å². The van der Waals surface area contributed by atoms with Gasteiger partial charge in [0.1, 0.15) is 5.58 Å². The molecule has 2 N–H and O–H groups in total. The Kier molecular flexibility index (Phi) is 6.48. The highest BCUT2D eigenvalue weighted by molar-refractivity contribution is 6.04. The Balaban J connectivity index is 1.29. The molecule has 0 aliphatic carbocycles. The second-order valence-electron chi connectivity index (χ2n) is 7.31. The summed E-state index contributed by atoms with van der Waals surface area (Å²) >= 11 is 0. The number of halogens is 3. The molecule has 10 heteroatoms. The molecule has 0 bridgehead atoms. The number of amides is 2. The summed E-state index contributed by atoms with van der Waals surface area (Å²) in [6.07, 6.45) is -3.20. The van der Waals surface area contributed by atoms with Crippen molar-refractivity contribution in [1.29, 1.82) is 0 Å². The summed E-state index contributed by atoms with van der Waals surface area (Å²) in [5, 5.41) is 6.18. The van der Waals surface area contributed by atoms with Gasteiger partial charge in [-0.25, -0.2) is 4.98 Å². The van der Waals surface area contributed by atoms with Gasteiger partial charge in [-0.3, -0.25) is 9.59 Å². The number of pyridine rings is 1. The van der Waals surface area contributed by atoms with Crippen LogP contribution in [0.3, 0.4) is 0 Å². The van der Waals surface area contributed by atoms with Crippen molar-refractivity contribution in [1.82, 2.24) is 4.98 Å². The Morgan fingerprint density at radius 1 is 0.941 bits per heavy atom. The number of fused-ring (bicyclic) bond motifs is 1. The van der Waals surface area contributed by atoms with Gasteiger partial charge in [0.2, 0.25) is 11.8 Å². The van der Waals surface area contributed by atoms with Gasteiger partial charge in [-0.1, -0.05) is 30.3 Å². The number of nitrogens with zero attached hydrogens (tertiary/aromatic N) is 1. The van der Waals surface area contributed by atoms with E-state index in [0.717, 1.165) is 5.39 Å². The number of hydrogen-bond donors (Lipinski definition) is 2. The maximum atomic E-state index is 12.4. The summed E-state index contributed by atoms with van der Waals surface area (Å²) in [5.74, 6) is -0.745. The van der Waals surface area contributed by atoms with Crippen LogP contribution in [0.25, 0.3) is 11.0 Å². The number of aromatic nitrogens is 1. The van der Waals surface area contributed by atoms with Gasteiger partial charge in [0.05, 0.1) is 18.3 Å². The van der Waals surface area contributed by atoms with Gasteiger partial charge in [0.25, 0.3) is 5.91 Å². The number of rotatable bonds is 7. The fourth-order valence-electron chi connectivity index (χ4n) is 3.08. The van der Waals surface area contributed by atoms with Crippen molar-refractivity contribution < 1.29 is 31.9 Å². The van der Waals surface area contributed by atoms with Crippen LogP contribution >= 0.6 is 0 Å². The van der Waals surface area contributed by atoms with E-state index in [4.69, 9.17) is 4.42 Å². The summed E-state index contributed by atoms with van der Waals surface area (Å²) in [4.78, 5) is 28.4. The molecule has 0 atom stereocenters. The lowest BCUT2D eigenvalue weighted by molar-refractivity contribution is -0.154. The minimum absolute atomic E-state index is 0.0458. The quantitative estimate of drug-likeness (QED) is 0.388. The third-order valence-corrected chi connectivity index (χ3v) is 4.63. The molecule has 0 aliphatic heterocycles. The van der Waals surface area contributed by atoms with E-state index in [1.54, 1.807) is 36.4 Å². The minimum atomic E-state index is -4.46. The number of anilines is 2.